The molecule has 1 saturated heterocycles. The molecular formula is C19H22N6O2S. The first kappa shape index (κ1) is 18.4. The second kappa shape index (κ2) is 7.97. The predicted molar refractivity (Wildman–Crippen MR) is 111 cm³/mol. The van der Waals surface area contributed by atoms with Crippen LogP contribution in [0.25, 0.3) is 10.9 Å². The Hall–Kier alpha value is -2.94. The molecule has 4 rings (SSSR count). The third-order valence-electron chi connectivity index (χ3n) is 4.76. The Labute approximate surface area is 165 Å². The lowest BCUT2D eigenvalue weighted by Gasteiger charge is -2.14. The minimum Gasteiger partial charge on any atom is -0.364 e. The lowest BCUT2D eigenvalue weighted by Crippen LogP contribution is -2.31. The highest BCUT2D eigenvalue weighted by Gasteiger charge is 2.22. The number of fused-ring (bicyclic) bond motifs is 1. The molecule has 0 spiro atoms. The molecular weight excluding hydrogens is 376 g/mol. The van der Waals surface area contributed by atoms with Crippen LogP contribution in [0.1, 0.15) is 24.9 Å². The molecule has 146 valence electrons. The van der Waals surface area contributed by atoms with Crippen LogP contribution in [0.4, 0.5) is 16.4 Å². The molecule has 3 unspecified atom stereocenters. The van der Waals surface area contributed by atoms with E-state index >= 15 is 0 Å². The maximum atomic E-state index is 12.3. The van der Waals surface area contributed by atoms with Gasteiger partial charge in [0.05, 0.1) is 16.9 Å². The standard InChI is InChI=1S/C19H22N6O2S/c1-12(13-5-3-2-4-6-13)21-19(26)23-17-9-16-15(10-20-17)18(25-24-16)22-14-7-8-28(27)11-14/h2-6,9-10,12,14H,7-8,11H2,1H3,(H2,22,24,25)(H2,20,21,23,26). The van der Waals surface area contributed by atoms with E-state index in [2.05, 4.69) is 31.1 Å². The zero-order valence-electron chi connectivity index (χ0n) is 15.4. The molecule has 0 aliphatic carbocycles. The van der Waals surface area contributed by atoms with E-state index in [0.717, 1.165) is 28.6 Å². The number of pyridine rings is 1. The van der Waals surface area contributed by atoms with Crippen LogP contribution in [0, 0.1) is 0 Å². The van der Waals surface area contributed by atoms with Crippen LogP contribution in [0.2, 0.25) is 0 Å². The van der Waals surface area contributed by atoms with Gasteiger partial charge in [0.2, 0.25) is 0 Å². The molecule has 4 N–H and O–H groups in total. The van der Waals surface area contributed by atoms with Crippen molar-refractivity contribution in [2.75, 3.05) is 22.1 Å². The van der Waals surface area contributed by atoms with Crippen LogP contribution >= 0.6 is 0 Å². The summed E-state index contributed by atoms with van der Waals surface area (Å²) in [6.45, 7) is 1.93. The zero-order valence-corrected chi connectivity index (χ0v) is 16.3. The molecule has 0 saturated carbocycles. The van der Waals surface area contributed by atoms with Crippen LogP contribution in [-0.2, 0) is 10.8 Å². The number of amides is 2. The van der Waals surface area contributed by atoms with Gasteiger partial charge in [-0.05, 0) is 18.9 Å². The Morgan fingerprint density at radius 1 is 1.32 bits per heavy atom. The number of carbonyl (C=O) groups excluding carboxylic acids is 1. The lowest BCUT2D eigenvalue weighted by molar-refractivity contribution is 0.249. The summed E-state index contributed by atoms with van der Waals surface area (Å²) in [6.07, 6.45) is 2.54. The smallest absolute Gasteiger partial charge is 0.320 e. The summed E-state index contributed by atoms with van der Waals surface area (Å²) in [6, 6.07) is 11.2. The fraction of sp³-hybridized carbons (Fsp3) is 0.316. The molecule has 3 aromatic rings. The van der Waals surface area contributed by atoms with Gasteiger partial charge in [-0.25, -0.2) is 9.78 Å². The summed E-state index contributed by atoms with van der Waals surface area (Å²) in [4.78, 5) is 16.6. The Balaban J connectivity index is 1.40. The third kappa shape index (κ3) is 4.14. The van der Waals surface area contributed by atoms with Crippen LogP contribution < -0.4 is 16.0 Å². The van der Waals surface area contributed by atoms with Crippen molar-refractivity contribution in [2.24, 2.45) is 0 Å². The van der Waals surface area contributed by atoms with E-state index in [1.165, 1.54) is 0 Å². The fourth-order valence-corrected chi connectivity index (χ4v) is 4.65. The van der Waals surface area contributed by atoms with Crippen molar-refractivity contribution in [1.29, 1.82) is 0 Å². The summed E-state index contributed by atoms with van der Waals surface area (Å²) < 4.78 is 11.5. The van der Waals surface area contributed by atoms with Crippen molar-refractivity contribution in [3.8, 4) is 0 Å². The number of aromatic nitrogens is 3. The quantitative estimate of drug-likeness (QED) is 0.528. The number of nitrogens with zero attached hydrogens (tertiary/aromatic N) is 2. The second-order valence-corrected chi connectivity index (χ2v) is 8.48. The maximum absolute atomic E-state index is 12.3. The molecule has 1 aromatic carbocycles. The van der Waals surface area contributed by atoms with Gasteiger partial charge in [-0.15, -0.1) is 0 Å². The summed E-state index contributed by atoms with van der Waals surface area (Å²) in [7, 11) is -0.748. The number of benzene rings is 1. The first-order chi connectivity index (χ1) is 13.6. The number of nitrogens with one attached hydrogen (secondary N) is 4. The highest BCUT2D eigenvalue weighted by atomic mass is 32.2. The largest absolute Gasteiger partial charge is 0.364 e. The van der Waals surface area contributed by atoms with E-state index < -0.39 is 10.8 Å². The van der Waals surface area contributed by atoms with Gasteiger partial charge in [0.15, 0.2) is 5.82 Å². The van der Waals surface area contributed by atoms with Crippen molar-refractivity contribution in [1.82, 2.24) is 20.5 Å². The number of hydrogen-bond acceptors (Lipinski definition) is 5. The van der Waals surface area contributed by atoms with E-state index in [4.69, 9.17) is 0 Å². The van der Waals surface area contributed by atoms with Crippen LogP contribution in [0.3, 0.4) is 0 Å². The molecule has 0 bridgehead atoms. The van der Waals surface area contributed by atoms with Crippen LogP contribution in [0.5, 0.6) is 0 Å². The van der Waals surface area contributed by atoms with E-state index in [1.807, 2.05) is 37.3 Å². The van der Waals surface area contributed by atoms with Gasteiger partial charge in [0, 0.05) is 40.6 Å². The third-order valence-corrected chi connectivity index (χ3v) is 6.22. The Kier molecular flexibility index (Phi) is 5.25. The van der Waals surface area contributed by atoms with E-state index in [9.17, 15) is 9.00 Å². The van der Waals surface area contributed by atoms with Crippen molar-refractivity contribution < 1.29 is 9.00 Å². The SMILES string of the molecule is CC(NC(=O)Nc1cc2[nH]nc(NC3CCS(=O)C3)c2cn1)c1ccccc1. The number of carbonyl (C=O) groups is 1. The van der Waals surface area contributed by atoms with Crippen molar-refractivity contribution in [3.05, 3.63) is 48.2 Å². The first-order valence-corrected chi connectivity index (χ1v) is 10.7. The Bertz CT molecular complexity index is 1010. The lowest BCUT2D eigenvalue weighted by atomic mass is 10.1. The Morgan fingerprint density at radius 3 is 2.89 bits per heavy atom. The van der Waals surface area contributed by atoms with Gasteiger partial charge in [-0.3, -0.25) is 14.6 Å². The molecule has 1 aliphatic heterocycles. The molecule has 8 nitrogen and oxygen atoms in total. The first-order valence-electron chi connectivity index (χ1n) is 9.16. The summed E-state index contributed by atoms with van der Waals surface area (Å²) in [5, 5.41) is 17.0. The van der Waals surface area contributed by atoms with E-state index in [0.29, 0.717) is 17.4 Å². The number of rotatable bonds is 5. The monoisotopic (exact) mass is 398 g/mol. The number of urea groups is 1. The molecule has 2 aromatic heterocycles. The molecule has 1 aliphatic rings. The molecule has 1 fully saturated rings. The molecule has 3 heterocycles. The molecule has 0 radical (unpaired) electrons. The maximum Gasteiger partial charge on any atom is 0.320 e. The van der Waals surface area contributed by atoms with Crippen LogP contribution in [-0.4, -0.2) is 43.0 Å². The summed E-state index contributed by atoms with van der Waals surface area (Å²) in [5.41, 5.74) is 1.79. The zero-order chi connectivity index (χ0) is 19.5. The molecule has 2 amide bonds. The summed E-state index contributed by atoms with van der Waals surface area (Å²) >= 11 is 0. The summed E-state index contributed by atoms with van der Waals surface area (Å²) in [5.74, 6) is 2.49. The number of hydrogen-bond donors (Lipinski definition) is 4. The fourth-order valence-electron chi connectivity index (χ4n) is 3.24. The molecule has 28 heavy (non-hydrogen) atoms. The van der Waals surface area contributed by atoms with Gasteiger partial charge < -0.3 is 10.6 Å². The van der Waals surface area contributed by atoms with Crippen molar-refractivity contribution >= 4 is 39.4 Å². The average Bonchev–Trinajstić information content (AvgIpc) is 3.28. The number of aromatic amines is 1. The minimum absolute atomic E-state index is 0.121. The van der Waals surface area contributed by atoms with Crippen LogP contribution in [0.15, 0.2) is 42.6 Å². The predicted octanol–water partition coefficient (Wildman–Crippen LogP) is 2.77. The highest BCUT2D eigenvalue weighted by Crippen LogP contribution is 2.24. The Morgan fingerprint density at radius 2 is 2.14 bits per heavy atom. The van der Waals surface area contributed by atoms with Gasteiger partial charge in [-0.2, -0.15) is 5.10 Å². The van der Waals surface area contributed by atoms with Gasteiger partial charge in [-0.1, -0.05) is 30.3 Å². The molecule has 9 heteroatoms. The minimum atomic E-state index is -0.748. The normalized spacial score (nSPS) is 20.0. The second-order valence-electron chi connectivity index (χ2n) is 6.86. The number of anilines is 2. The van der Waals surface area contributed by atoms with Crippen molar-refractivity contribution in [2.45, 2.75) is 25.4 Å². The number of H-pyrrole nitrogens is 1. The van der Waals surface area contributed by atoms with E-state index in [1.54, 1.807) is 12.3 Å². The van der Waals surface area contributed by atoms with Gasteiger partial charge in [0.1, 0.15) is 5.82 Å². The van der Waals surface area contributed by atoms with Gasteiger partial charge in [0.25, 0.3) is 0 Å². The van der Waals surface area contributed by atoms with Gasteiger partial charge >= 0.3 is 6.03 Å². The molecule has 3 atom stereocenters. The van der Waals surface area contributed by atoms with Crippen molar-refractivity contribution in [3.63, 3.8) is 0 Å². The van der Waals surface area contributed by atoms with E-state index in [-0.39, 0.29) is 18.1 Å². The topological polar surface area (TPSA) is 112 Å². The highest BCUT2D eigenvalue weighted by molar-refractivity contribution is 7.85. The average molecular weight is 398 g/mol.